The number of aliphatic hydroxyl groups excluding tert-OH is 1. The highest BCUT2D eigenvalue weighted by molar-refractivity contribution is 5.64. The third-order valence-corrected chi connectivity index (χ3v) is 5.83. The van der Waals surface area contributed by atoms with Gasteiger partial charge in [0.25, 0.3) is 0 Å². The second-order valence-corrected chi connectivity index (χ2v) is 7.60. The van der Waals surface area contributed by atoms with Gasteiger partial charge in [0.2, 0.25) is 0 Å². The Morgan fingerprint density at radius 2 is 1.85 bits per heavy atom. The van der Waals surface area contributed by atoms with Crippen molar-refractivity contribution in [3.05, 3.63) is 29.8 Å². The van der Waals surface area contributed by atoms with Crippen LogP contribution in [0.3, 0.4) is 0 Å². The number of piperidine rings is 1. The predicted molar refractivity (Wildman–Crippen MR) is 103 cm³/mol. The first-order valence-corrected chi connectivity index (χ1v) is 9.76. The lowest BCUT2D eigenvalue weighted by molar-refractivity contribution is 0.119. The van der Waals surface area contributed by atoms with E-state index in [9.17, 15) is 9.90 Å². The fraction of sp³-hybridized carbons (Fsp3) is 0.650. The van der Waals surface area contributed by atoms with E-state index in [0.29, 0.717) is 19.0 Å². The van der Waals surface area contributed by atoms with Crippen molar-refractivity contribution in [1.82, 2.24) is 9.80 Å². The minimum atomic E-state index is -0.778. The molecule has 0 aromatic heterocycles. The maximum Gasteiger partial charge on any atom is 0.407 e. The minimum absolute atomic E-state index is 0.427. The maximum absolute atomic E-state index is 11.0. The SMILES string of the molecule is CC(O)c1cccc(N2CCN(CCC3CCN(C(=O)O)CC3)CC2)c1. The van der Waals surface area contributed by atoms with Crippen LogP contribution < -0.4 is 4.90 Å². The highest BCUT2D eigenvalue weighted by atomic mass is 16.4. The van der Waals surface area contributed by atoms with Gasteiger partial charge < -0.3 is 20.0 Å². The van der Waals surface area contributed by atoms with Crippen LogP contribution in [0.2, 0.25) is 0 Å². The van der Waals surface area contributed by atoms with Crippen LogP contribution in [0.15, 0.2) is 24.3 Å². The third-order valence-electron chi connectivity index (χ3n) is 5.83. The van der Waals surface area contributed by atoms with Gasteiger partial charge in [0.05, 0.1) is 6.10 Å². The second-order valence-electron chi connectivity index (χ2n) is 7.60. The Labute approximate surface area is 156 Å². The van der Waals surface area contributed by atoms with E-state index in [1.54, 1.807) is 6.92 Å². The summed E-state index contributed by atoms with van der Waals surface area (Å²) in [6, 6.07) is 8.21. The average Bonchev–Trinajstić information content (AvgIpc) is 2.67. The number of anilines is 1. The number of aliphatic hydroxyl groups is 1. The number of nitrogens with zero attached hydrogens (tertiary/aromatic N) is 3. The van der Waals surface area contributed by atoms with E-state index in [1.165, 1.54) is 17.0 Å². The molecule has 1 atom stereocenters. The first-order chi connectivity index (χ1) is 12.5. The fourth-order valence-electron chi connectivity index (χ4n) is 3.99. The number of hydrogen-bond acceptors (Lipinski definition) is 4. The molecule has 2 heterocycles. The molecule has 0 saturated carbocycles. The van der Waals surface area contributed by atoms with Crippen molar-refractivity contribution in [3.8, 4) is 0 Å². The lowest BCUT2D eigenvalue weighted by Crippen LogP contribution is -2.47. The molecule has 2 N–H and O–H groups in total. The lowest BCUT2D eigenvalue weighted by Gasteiger charge is -2.37. The number of amides is 1. The van der Waals surface area contributed by atoms with Gasteiger partial charge in [0, 0.05) is 45.0 Å². The summed E-state index contributed by atoms with van der Waals surface area (Å²) in [7, 11) is 0. The molecule has 1 unspecified atom stereocenters. The van der Waals surface area contributed by atoms with Crippen LogP contribution in [0.4, 0.5) is 10.5 Å². The highest BCUT2D eigenvalue weighted by Gasteiger charge is 2.23. The Morgan fingerprint density at radius 1 is 1.15 bits per heavy atom. The predicted octanol–water partition coefficient (Wildman–Crippen LogP) is 2.64. The molecule has 0 aliphatic carbocycles. The Morgan fingerprint density at radius 3 is 2.46 bits per heavy atom. The van der Waals surface area contributed by atoms with Gasteiger partial charge in [-0.1, -0.05) is 12.1 Å². The zero-order chi connectivity index (χ0) is 18.5. The van der Waals surface area contributed by atoms with Crippen molar-refractivity contribution in [2.24, 2.45) is 5.92 Å². The van der Waals surface area contributed by atoms with E-state index in [2.05, 4.69) is 21.9 Å². The molecule has 144 valence electrons. The normalized spacial score (nSPS) is 21.0. The van der Waals surface area contributed by atoms with Crippen molar-refractivity contribution in [1.29, 1.82) is 0 Å². The summed E-state index contributed by atoms with van der Waals surface area (Å²) in [6.45, 7) is 8.44. The molecule has 0 bridgehead atoms. The van der Waals surface area contributed by atoms with E-state index in [0.717, 1.165) is 51.1 Å². The largest absolute Gasteiger partial charge is 0.465 e. The van der Waals surface area contributed by atoms with Gasteiger partial charge in [0.15, 0.2) is 0 Å². The average molecular weight is 361 g/mol. The van der Waals surface area contributed by atoms with Crippen LogP contribution in [-0.2, 0) is 0 Å². The molecule has 0 spiro atoms. The molecule has 26 heavy (non-hydrogen) atoms. The van der Waals surface area contributed by atoms with Crippen LogP contribution in [0.1, 0.15) is 37.9 Å². The molecular weight excluding hydrogens is 330 g/mol. The Kier molecular flexibility index (Phi) is 6.38. The molecule has 3 rings (SSSR count). The van der Waals surface area contributed by atoms with Crippen molar-refractivity contribution in [2.45, 2.75) is 32.3 Å². The molecule has 2 aliphatic heterocycles. The van der Waals surface area contributed by atoms with Gasteiger partial charge in [-0.3, -0.25) is 4.90 Å². The van der Waals surface area contributed by atoms with Crippen molar-refractivity contribution in [3.63, 3.8) is 0 Å². The third kappa shape index (κ3) is 4.89. The molecule has 2 aliphatic rings. The molecular formula is C20H31N3O3. The fourth-order valence-corrected chi connectivity index (χ4v) is 3.99. The molecule has 6 heteroatoms. The summed E-state index contributed by atoms with van der Waals surface area (Å²) in [5.41, 5.74) is 2.17. The van der Waals surface area contributed by atoms with Gasteiger partial charge in [0.1, 0.15) is 0 Å². The number of rotatable bonds is 5. The lowest BCUT2D eigenvalue weighted by atomic mass is 9.93. The van der Waals surface area contributed by atoms with Crippen LogP contribution in [-0.4, -0.2) is 71.9 Å². The smallest absolute Gasteiger partial charge is 0.407 e. The number of carboxylic acid groups (broad SMARTS) is 1. The Hall–Kier alpha value is -1.79. The first kappa shape index (κ1) is 19.0. The highest BCUT2D eigenvalue weighted by Crippen LogP contribution is 2.23. The summed E-state index contributed by atoms with van der Waals surface area (Å²) in [5, 5.41) is 18.8. The van der Waals surface area contributed by atoms with E-state index in [4.69, 9.17) is 5.11 Å². The minimum Gasteiger partial charge on any atom is -0.465 e. The second kappa shape index (κ2) is 8.73. The van der Waals surface area contributed by atoms with Crippen molar-refractivity contribution in [2.75, 3.05) is 50.7 Å². The maximum atomic E-state index is 11.0. The van der Waals surface area contributed by atoms with E-state index in [-0.39, 0.29) is 0 Å². The monoisotopic (exact) mass is 361 g/mol. The zero-order valence-corrected chi connectivity index (χ0v) is 15.7. The topological polar surface area (TPSA) is 67.2 Å². The van der Waals surface area contributed by atoms with Crippen molar-refractivity contribution < 1.29 is 15.0 Å². The van der Waals surface area contributed by atoms with Crippen LogP contribution in [0.25, 0.3) is 0 Å². The molecule has 1 aromatic rings. The van der Waals surface area contributed by atoms with Gasteiger partial charge in [-0.25, -0.2) is 4.79 Å². The van der Waals surface area contributed by atoms with Crippen LogP contribution >= 0.6 is 0 Å². The quantitative estimate of drug-likeness (QED) is 0.844. The summed E-state index contributed by atoms with van der Waals surface area (Å²) in [6.07, 6.45) is 1.96. The molecule has 1 amide bonds. The Balaban J connectivity index is 1.40. The number of hydrogen-bond donors (Lipinski definition) is 2. The number of piperazine rings is 1. The van der Waals surface area contributed by atoms with Gasteiger partial charge in [-0.05, 0) is 56.3 Å². The summed E-state index contributed by atoms with van der Waals surface area (Å²) in [4.78, 5) is 17.4. The van der Waals surface area contributed by atoms with E-state index in [1.807, 2.05) is 12.1 Å². The summed E-state index contributed by atoms with van der Waals surface area (Å²) >= 11 is 0. The van der Waals surface area contributed by atoms with Crippen LogP contribution in [0.5, 0.6) is 0 Å². The zero-order valence-electron chi connectivity index (χ0n) is 15.7. The molecule has 0 radical (unpaired) electrons. The molecule has 6 nitrogen and oxygen atoms in total. The number of likely N-dealkylation sites (tertiary alicyclic amines) is 1. The number of carbonyl (C=O) groups is 1. The molecule has 2 fully saturated rings. The molecule has 2 saturated heterocycles. The van der Waals surface area contributed by atoms with Gasteiger partial charge in [-0.15, -0.1) is 0 Å². The van der Waals surface area contributed by atoms with Gasteiger partial charge in [-0.2, -0.15) is 0 Å². The first-order valence-electron chi connectivity index (χ1n) is 9.76. The van der Waals surface area contributed by atoms with E-state index < -0.39 is 12.2 Å². The standard InChI is InChI=1S/C20H31N3O3/c1-16(24)18-3-2-4-19(15-18)22-13-11-21(12-14-22)8-5-17-6-9-23(10-7-17)20(25)26/h2-4,15-17,24H,5-14H2,1H3,(H,25,26). The summed E-state index contributed by atoms with van der Waals surface area (Å²) < 4.78 is 0. The van der Waals surface area contributed by atoms with Crippen molar-refractivity contribution >= 4 is 11.8 Å². The summed E-state index contributed by atoms with van der Waals surface area (Å²) in [5.74, 6) is 0.659. The van der Waals surface area contributed by atoms with Crippen LogP contribution in [0, 0.1) is 5.92 Å². The molecule has 1 aromatic carbocycles. The number of benzene rings is 1. The van der Waals surface area contributed by atoms with Gasteiger partial charge >= 0.3 is 6.09 Å². The van der Waals surface area contributed by atoms with E-state index >= 15 is 0 Å². The Bertz CT molecular complexity index is 592.